The number of ether oxygens (including phenoxy) is 1. The molecule has 1 aromatic heterocycles. The predicted molar refractivity (Wildman–Crippen MR) is 105 cm³/mol. The second kappa shape index (κ2) is 8.14. The summed E-state index contributed by atoms with van der Waals surface area (Å²) in [4.78, 5) is 16.9. The summed E-state index contributed by atoms with van der Waals surface area (Å²) in [6, 6.07) is 12.5. The van der Waals surface area contributed by atoms with Crippen molar-refractivity contribution >= 4 is 5.97 Å². The van der Waals surface area contributed by atoms with Crippen LogP contribution in [0.2, 0.25) is 0 Å². The number of hydrogen-bond donors (Lipinski definition) is 1. The molecule has 6 nitrogen and oxygen atoms in total. The van der Waals surface area contributed by atoms with Gasteiger partial charge < -0.3 is 9.26 Å². The largest absolute Gasteiger partial charge is 0.465 e. The molecule has 0 bridgehead atoms. The van der Waals surface area contributed by atoms with Gasteiger partial charge in [0.1, 0.15) is 5.54 Å². The highest BCUT2D eigenvalue weighted by atomic mass is 19.4. The van der Waals surface area contributed by atoms with Crippen LogP contribution in [0.15, 0.2) is 53.1 Å². The Labute approximate surface area is 176 Å². The zero-order valence-electron chi connectivity index (χ0n) is 16.7. The van der Waals surface area contributed by atoms with Crippen LogP contribution in [-0.2, 0) is 35.1 Å². The van der Waals surface area contributed by atoms with E-state index >= 15 is 0 Å². The van der Waals surface area contributed by atoms with Crippen LogP contribution < -0.4 is 5.32 Å². The van der Waals surface area contributed by atoms with Gasteiger partial charge in [-0.2, -0.15) is 18.2 Å². The fourth-order valence-corrected chi connectivity index (χ4v) is 3.75. The van der Waals surface area contributed by atoms with E-state index in [0.717, 1.165) is 23.3 Å². The molecule has 0 atom stereocenters. The highest BCUT2D eigenvalue weighted by molar-refractivity contribution is 5.83. The van der Waals surface area contributed by atoms with E-state index in [1.54, 1.807) is 6.92 Å². The Balaban J connectivity index is 1.52. The monoisotopic (exact) mass is 431 g/mol. The van der Waals surface area contributed by atoms with E-state index in [2.05, 4.69) is 15.5 Å². The highest BCUT2D eigenvalue weighted by Crippen LogP contribution is 2.33. The number of carbonyl (C=O) groups excluding carboxylic acids is 1. The minimum atomic E-state index is -4.46. The topological polar surface area (TPSA) is 77.2 Å². The van der Waals surface area contributed by atoms with Crippen molar-refractivity contribution in [1.29, 1.82) is 0 Å². The number of rotatable bonds is 6. The van der Waals surface area contributed by atoms with Gasteiger partial charge in [0.15, 0.2) is 0 Å². The molecule has 0 unspecified atom stereocenters. The molecule has 162 valence electrons. The minimum Gasteiger partial charge on any atom is -0.465 e. The summed E-state index contributed by atoms with van der Waals surface area (Å²) in [7, 11) is 0. The Bertz CT molecular complexity index is 1070. The molecule has 0 saturated carbocycles. The van der Waals surface area contributed by atoms with Gasteiger partial charge >= 0.3 is 12.1 Å². The zero-order chi connectivity index (χ0) is 22.1. The van der Waals surface area contributed by atoms with Crippen molar-refractivity contribution < 1.29 is 27.2 Å². The quantitative estimate of drug-likeness (QED) is 0.596. The van der Waals surface area contributed by atoms with Crippen molar-refractivity contribution in [2.75, 3.05) is 6.61 Å². The van der Waals surface area contributed by atoms with Gasteiger partial charge in [0.25, 0.3) is 0 Å². The maximum Gasteiger partial charge on any atom is 0.416 e. The van der Waals surface area contributed by atoms with Crippen LogP contribution in [-0.4, -0.2) is 28.3 Å². The number of carbonyl (C=O) groups is 1. The second-order valence-electron chi connectivity index (χ2n) is 7.37. The standard InChI is InChI=1S/C22H20F3N3O3/c1-2-30-20(29)21(11-15-6-3-4-7-16(15)12-21)26-13-18-27-19(28-31-18)14-8-5-9-17(10-14)22(23,24)25/h3-10,26H,2,11-13H2,1H3. The van der Waals surface area contributed by atoms with Gasteiger partial charge in [-0.25, -0.2) is 0 Å². The summed E-state index contributed by atoms with van der Waals surface area (Å²) in [6.07, 6.45) is -3.55. The number of benzene rings is 2. The first-order chi connectivity index (χ1) is 14.8. The maximum absolute atomic E-state index is 13.0. The smallest absolute Gasteiger partial charge is 0.416 e. The minimum absolute atomic E-state index is 0.0443. The van der Waals surface area contributed by atoms with E-state index < -0.39 is 17.3 Å². The van der Waals surface area contributed by atoms with Gasteiger partial charge in [0.2, 0.25) is 11.7 Å². The lowest BCUT2D eigenvalue weighted by Crippen LogP contribution is -2.53. The normalized spacial score (nSPS) is 15.0. The van der Waals surface area contributed by atoms with Crippen molar-refractivity contribution in [3.8, 4) is 11.4 Å². The molecule has 0 saturated heterocycles. The Hall–Kier alpha value is -3.20. The molecular weight excluding hydrogens is 411 g/mol. The Morgan fingerprint density at radius 3 is 2.52 bits per heavy atom. The predicted octanol–water partition coefficient (Wildman–Crippen LogP) is 3.95. The highest BCUT2D eigenvalue weighted by Gasteiger charge is 2.45. The van der Waals surface area contributed by atoms with Crippen molar-refractivity contribution in [3.63, 3.8) is 0 Å². The number of halogens is 3. The molecule has 1 N–H and O–H groups in total. The Morgan fingerprint density at radius 2 is 1.87 bits per heavy atom. The van der Waals surface area contributed by atoms with Crippen molar-refractivity contribution in [2.24, 2.45) is 0 Å². The Morgan fingerprint density at radius 1 is 1.16 bits per heavy atom. The summed E-state index contributed by atoms with van der Waals surface area (Å²) in [5, 5.41) is 6.98. The van der Waals surface area contributed by atoms with E-state index in [-0.39, 0.29) is 36.4 Å². The summed E-state index contributed by atoms with van der Waals surface area (Å²) in [5.74, 6) is -0.168. The van der Waals surface area contributed by atoms with Crippen LogP contribution in [0.3, 0.4) is 0 Å². The summed E-state index contributed by atoms with van der Waals surface area (Å²) in [5.41, 5.74) is 0.541. The lowest BCUT2D eigenvalue weighted by atomic mass is 9.95. The third-order valence-electron chi connectivity index (χ3n) is 5.26. The molecule has 0 spiro atoms. The van der Waals surface area contributed by atoms with Crippen LogP contribution in [0.1, 0.15) is 29.5 Å². The SMILES string of the molecule is CCOC(=O)C1(NCc2nc(-c3cccc(C(F)(F)F)c3)no2)Cc2ccccc2C1. The molecule has 1 aliphatic rings. The molecule has 0 radical (unpaired) electrons. The molecule has 3 aromatic rings. The summed E-state index contributed by atoms with van der Waals surface area (Å²) in [6.45, 7) is 2.06. The number of fused-ring (bicyclic) bond motifs is 1. The average molecular weight is 431 g/mol. The molecule has 0 fully saturated rings. The molecule has 0 aliphatic heterocycles. The van der Waals surface area contributed by atoms with Gasteiger partial charge in [-0.15, -0.1) is 0 Å². The van der Waals surface area contributed by atoms with E-state index in [9.17, 15) is 18.0 Å². The Kier molecular flexibility index (Phi) is 5.53. The van der Waals surface area contributed by atoms with E-state index in [4.69, 9.17) is 9.26 Å². The van der Waals surface area contributed by atoms with Gasteiger partial charge in [0.05, 0.1) is 18.7 Å². The summed E-state index contributed by atoms with van der Waals surface area (Å²) < 4.78 is 49.4. The zero-order valence-corrected chi connectivity index (χ0v) is 16.7. The molecule has 2 aromatic carbocycles. The molecule has 1 heterocycles. The van der Waals surface area contributed by atoms with Crippen LogP contribution >= 0.6 is 0 Å². The maximum atomic E-state index is 13.0. The van der Waals surface area contributed by atoms with Crippen molar-refractivity contribution in [2.45, 2.75) is 38.0 Å². The summed E-state index contributed by atoms with van der Waals surface area (Å²) >= 11 is 0. The van der Waals surface area contributed by atoms with E-state index in [1.807, 2.05) is 24.3 Å². The first kappa shape index (κ1) is 21.0. The van der Waals surface area contributed by atoms with E-state index in [0.29, 0.717) is 12.8 Å². The first-order valence-electron chi connectivity index (χ1n) is 9.80. The van der Waals surface area contributed by atoms with Gasteiger partial charge in [-0.1, -0.05) is 41.6 Å². The number of hydrogen-bond acceptors (Lipinski definition) is 6. The van der Waals surface area contributed by atoms with Crippen LogP contribution in [0, 0.1) is 0 Å². The molecular formula is C22H20F3N3O3. The number of nitrogens with one attached hydrogen (secondary N) is 1. The first-order valence-corrected chi connectivity index (χ1v) is 9.80. The number of alkyl halides is 3. The van der Waals surface area contributed by atoms with Crippen molar-refractivity contribution in [1.82, 2.24) is 15.5 Å². The average Bonchev–Trinajstić information content (AvgIpc) is 3.37. The lowest BCUT2D eigenvalue weighted by molar-refractivity contribution is -0.151. The fraction of sp³-hybridized carbons (Fsp3) is 0.318. The lowest BCUT2D eigenvalue weighted by Gasteiger charge is -2.27. The van der Waals surface area contributed by atoms with Crippen molar-refractivity contribution in [3.05, 3.63) is 71.1 Å². The molecule has 9 heteroatoms. The molecule has 4 rings (SSSR count). The van der Waals surface area contributed by atoms with E-state index in [1.165, 1.54) is 12.1 Å². The number of nitrogens with zero attached hydrogens (tertiary/aromatic N) is 2. The van der Waals surface area contributed by atoms with Crippen LogP contribution in [0.4, 0.5) is 13.2 Å². The van der Waals surface area contributed by atoms with Gasteiger partial charge in [-0.3, -0.25) is 10.1 Å². The fourth-order valence-electron chi connectivity index (χ4n) is 3.75. The number of aromatic nitrogens is 2. The second-order valence-corrected chi connectivity index (χ2v) is 7.37. The molecule has 1 aliphatic carbocycles. The van der Waals surface area contributed by atoms with Gasteiger partial charge in [-0.05, 0) is 30.2 Å². The third-order valence-corrected chi connectivity index (χ3v) is 5.26. The number of esters is 1. The molecule has 31 heavy (non-hydrogen) atoms. The molecule has 0 amide bonds. The van der Waals surface area contributed by atoms with Gasteiger partial charge in [0, 0.05) is 18.4 Å². The van der Waals surface area contributed by atoms with Crippen LogP contribution in [0.25, 0.3) is 11.4 Å². The third kappa shape index (κ3) is 4.32. The van der Waals surface area contributed by atoms with Crippen LogP contribution in [0.5, 0.6) is 0 Å².